The molecule has 3 N–H and O–H groups in total. The van der Waals surface area contributed by atoms with Crippen LogP contribution in [-0.2, 0) is 0 Å². The lowest BCUT2D eigenvalue weighted by molar-refractivity contribution is 0.0879. The van der Waals surface area contributed by atoms with E-state index in [1.165, 1.54) is 12.1 Å². The zero-order valence-electron chi connectivity index (χ0n) is 11.4. The Morgan fingerprint density at radius 3 is 2.56 bits per heavy atom. The van der Waals surface area contributed by atoms with Crippen LogP contribution in [0.15, 0.2) is 18.2 Å². The van der Waals surface area contributed by atoms with E-state index in [4.69, 9.17) is 5.73 Å². The van der Waals surface area contributed by atoms with Crippen LogP contribution < -0.4 is 11.1 Å². The lowest BCUT2D eigenvalue weighted by atomic mass is 9.88. The van der Waals surface area contributed by atoms with Crippen molar-refractivity contribution in [3.8, 4) is 0 Å². The monoisotopic (exact) mass is 252 g/mol. The highest BCUT2D eigenvalue weighted by Gasteiger charge is 2.29. The van der Waals surface area contributed by atoms with E-state index in [0.29, 0.717) is 6.54 Å². The summed E-state index contributed by atoms with van der Waals surface area (Å²) in [7, 11) is 0. The molecule has 0 bridgehead atoms. The highest BCUT2D eigenvalue weighted by atomic mass is 19.1. The fraction of sp³-hybridized carbons (Fsp3) is 0.500. The van der Waals surface area contributed by atoms with Gasteiger partial charge in [-0.15, -0.1) is 0 Å². The SMILES string of the molecule is Cc1ccc(C(=O)NC(C)(CN)C(C)C)c(F)c1. The molecule has 1 unspecified atom stereocenters. The molecule has 3 nitrogen and oxygen atoms in total. The average Bonchev–Trinajstić information content (AvgIpc) is 2.28. The number of amides is 1. The zero-order chi connectivity index (χ0) is 13.9. The van der Waals surface area contributed by atoms with Crippen molar-refractivity contribution in [3.63, 3.8) is 0 Å². The summed E-state index contributed by atoms with van der Waals surface area (Å²) in [4.78, 5) is 12.0. The first-order chi connectivity index (χ1) is 8.30. The molecule has 1 amide bonds. The number of carbonyl (C=O) groups excluding carboxylic acids is 1. The molecule has 18 heavy (non-hydrogen) atoms. The Kier molecular flexibility index (Phi) is 4.46. The average molecular weight is 252 g/mol. The second-order valence-electron chi connectivity index (χ2n) is 5.21. The molecule has 0 fully saturated rings. The van der Waals surface area contributed by atoms with Crippen LogP contribution in [0.1, 0.15) is 36.7 Å². The van der Waals surface area contributed by atoms with E-state index in [0.717, 1.165) is 5.56 Å². The third kappa shape index (κ3) is 3.07. The summed E-state index contributed by atoms with van der Waals surface area (Å²) in [5.74, 6) is -0.760. The highest BCUT2D eigenvalue weighted by Crippen LogP contribution is 2.17. The quantitative estimate of drug-likeness (QED) is 0.863. The smallest absolute Gasteiger partial charge is 0.254 e. The highest BCUT2D eigenvalue weighted by molar-refractivity contribution is 5.95. The molecular weight excluding hydrogens is 231 g/mol. The van der Waals surface area contributed by atoms with E-state index in [-0.39, 0.29) is 11.5 Å². The van der Waals surface area contributed by atoms with Gasteiger partial charge in [0.05, 0.1) is 11.1 Å². The second-order valence-corrected chi connectivity index (χ2v) is 5.21. The predicted octanol–water partition coefficient (Wildman–Crippen LogP) is 2.24. The Hall–Kier alpha value is -1.42. The molecule has 4 heteroatoms. The fourth-order valence-corrected chi connectivity index (χ4v) is 1.56. The van der Waals surface area contributed by atoms with Crippen LogP contribution >= 0.6 is 0 Å². The molecule has 0 heterocycles. The molecule has 0 aliphatic carbocycles. The van der Waals surface area contributed by atoms with Gasteiger partial charge in [0.1, 0.15) is 5.82 Å². The van der Waals surface area contributed by atoms with Crippen molar-refractivity contribution in [1.29, 1.82) is 0 Å². The maximum atomic E-state index is 13.7. The Morgan fingerprint density at radius 1 is 1.50 bits per heavy atom. The summed E-state index contributed by atoms with van der Waals surface area (Å²) in [5.41, 5.74) is 6.00. The van der Waals surface area contributed by atoms with Crippen LogP contribution in [0.5, 0.6) is 0 Å². The minimum absolute atomic E-state index is 0.0564. The van der Waals surface area contributed by atoms with Gasteiger partial charge in [-0.25, -0.2) is 4.39 Å². The van der Waals surface area contributed by atoms with Crippen LogP contribution in [0.3, 0.4) is 0 Å². The number of hydrogen-bond donors (Lipinski definition) is 2. The Balaban J connectivity index is 2.95. The van der Waals surface area contributed by atoms with Gasteiger partial charge < -0.3 is 11.1 Å². The maximum absolute atomic E-state index is 13.7. The molecule has 0 spiro atoms. The molecule has 0 aliphatic rings. The number of carbonyl (C=O) groups is 1. The van der Waals surface area contributed by atoms with Crippen molar-refractivity contribution < 1.29 is 9.18 Å². The van der Waals surface area contributed by atoms with Crippen LogP contribution in [0, 0.1) is 18.7 Å². The predicted molar refractivity (Wildman–Crippen MR) is 70.9 cm³/mol. The third-order valence-corrected chi connectivity index (χ3v) is 3.47. The van der Waals surface area contributed by atoms with E-state index in [9.17, 15) is 9.18 Å². The van der Waals surface area contributed by atoms with Crippen molar-refractivity contribution >= 4 is 5.91 Å². The van der Waals surface area contributed by atoms with Crippen molar-refractivity contribution in [1.82, 2.24) is 5.32 Å². The minimum atomic E-state index is -0.533. The molecule has 1 rings (SSSR count). The van der Waals surface area contributed by atoms with E-state index in [1.54, 1.807) is 13.0 Å². The van der Waals surface area contributed by atoms with Crippen LogP contribution in [0.25, 0.3) is 0 Å². The molecule has 1 aromatic carbocycles. The summed E-state index contributed by atoms with van der Waals surface area (Å²) in [5, 5.41) is 2.82. The van der Waals surface area contributed by atoms with Gasteiger partial charge >= 0.3 is 0 Å². The lowest BCUT2D eigenvalue weighted by Crippen LogP contribution is -2.55. The molecule has 0 saturated heterocycles. The molecular formula is C14H21FN2O. The normalized spacial score (nSPS) is 14.4. The number of nitrogens with one attached hydrogen (secondary N) is 1. The van der Waals surface area contributed by atoms with Gasteiger partial charge in [-0.3, -0.25) is 4.79 Å². The number of rotatable bonds is 4. The van der Waals surface area contributed by atoms with E-state index in [1.807, 2.05) is 20.8 Å². The fourth-order valence-electron chi connectivity index (χ4n) is 1.56. The number of hydrogen-bond acceptors (Lipinski definition) is 2. The van der Waals surface area contributed by atoms with Crippen molar-refractivity contribution in [2.24, 2.45) is 11.7 Å². The van der Waals surface area contributed by atoms with Crippen LogP contribution in [-0.4, -0.2) is 18.0 Å². The number of nitrogens with two attached hydrogens (primary N) is 1. The molecule has 0 saturated carbocycles. The van der Waals surface area contributed by atoms with Gasteiger partial charge in [0, 0.05) is 6.54 Å². The Labute approximate surface area is 108 Å². The first-order valence-corrected chi connectivity index (χ1v) is 6.09. The number of aryl methyl sites for hydroxylation is 1. The van der Waals surface area contributed by atoms with Gasteiger partial charge in [-0.1, -0.05) is 19.9 Å². The van der Waals surface area contributed by atoms with Gasteiger partial charge in [-0.2, -0.15) is 0 Å². The largest absolute Gasteiger partial charge is 0.345 e. The van der Waals surface area contributed by atoms with Crippen LogP contribution in [0.4, 0.5) is 4.39 Å². The summed E-state index contributed by atoms with van der Waals surface area (Å²) in [6.07, 6.45) is 0. The number of halogens is 1. The van der Waals surface area contributed by atoms with E-state index >= 15 is 0 Å². The van der Waals surface area contributed by atoms with Crippen LogP contribution in [0.2, 0.25) is 0 Å². The lowest BCUT2D eigenvalue weighted by Gasteiger charge is -2.33. The van der Waals surface area contributed by atoms with Gasteiger partial charge in [0.15, 0.2) is 0 Å². The maximum Gasteiger partial charge on any atom is 0.254 e. The second kappa shape index (κ2) is 5.48. The molecule has 0 radical (unpaired) electrons. The van der Waals surface area contributed by atoms with E-state index in [2.05, 4.69) is 5.32 Å². The van der Waals surface area contributed by atoms with Gasteiger partial charge in [-0.05, 0) is 37.5 Å². The third-order valence-electron chi connectivity index (χ3n) is 3.47. The molecule has 100 valence electrons. The first-order valence-electron chi connectivity index (χ1n) is 6.09. The Bertz CT molecular complexity index is 445. The van der Waals surface area contributed by atoms with Crippen molar-refractivity contribution in [3.05, 3.63) is 35.1 Å². The van der Waals surface area contributed by atoms with Crippen molar-refractivity contribution in [2.45, 2.75) is 33.2 Å². The van der Waals surface area contributed by atoms with E-state index < -0.39 is 17.3 Å². The van der Waals surface area contributed by atoms with Crippen molar-refractivity contribution in [2.75, 3.05) is 6.54 Å². The standard InChI is InChI=1S/C14H21FN2O/c1-9(2)14(4,8-16)17-13(18)11-6-5-10(3)7-12(11)15/h5-7,9H,8,16H2,1-4H3,(H,17,18). The summed E-state index contributed by atoms with van der Waals surface area (Å²) in [6.45, 7) is 7.89. The van der Waals surface area contributed by atoms with Gasteiger partial charge in [0.2, 0.25) is 0 Å². The Morgan fingerprint density at radius 2 is 2.11 bits per heavy atom. The summed E-state index contributed by atoms with van der Waals surface area (Å²) >= 11 is 0. The minimum Gasteiger partial charge on any atom is -0.345 e. The molecule has 0 aliphatic heterocycles. The summed E-state index contributed by atoms with van der Waals surface area (Å²) < 4.78 is 13.7. The summed E-state index contributed by atoms with van der Waals surface area (Å²) in [6, 6.07) is 4.56. The zero-order valence-corrected chi connectivity index (χ0v) is 11.4. The molecule has 1 aromatic rings. The van der Waals surface area contributed by atoms with Gasteiger partial charge in [0.25, 0.3) is 5.91 Å². The number of benzene rings is 1. The topological polar surface area (TPSA) is 55.1 Å². The molecule has 0 aromatic heterocycles. The first kappa shape index (κ1) is 14.6. The molecule has 1 atom stereocenters.